The molecule has 5 aromatic rings. The average Bonchev–Trinajstić information content (AvgIpc) is 3.27. The van der Waals surface area contributed by atoms with E-state index in [0.717, 1.165) is 39.9 Å². The van der Waals surface area contributed by atoms with Crippen LogP contribution in [0.3, 0.4) is 0 Å². The number of aromatic nitrogens is 3. The largest absolute Gasteiger partial charge is 0.416 e. The summed E-state index contributed by atoms with van der Waals surface area (Å²) < 4.78 is 38.8. The second-order valence-electron chi connectivity index (χ2n) is 9.41. The molecule has 0 radical (unpaired) electrons. The number of benzene rings is 3. The lowest BCUT2D eigenvalue weighted by Crippen LogP contribution is -2.35. The summed E-state index contributed by atoms with van der Waals surface area (Å²) in [5.74, 6) is 0.276. The number of halogens is 4. The zero-order valence-electron chi connectivity index (χ0n) is 20.1. The maximum atomic E-state index is 13.0. The predicted octanol–water partition coefficient (Wildman–Crippen LogP) is 6.82. The van der Waals surface area contributed by atoms with Crippen LogP contribution in [0.2, 0.25) is 5.02 Å². The molecule has 6 rings (SSSR count). The Kier molecular flexibility index (Phi) is 6.08. The Labute approximate surface area is 220 Å². The van der Waals surface area contributed by atoms with Gasteiger partial charge < -0.3 is 9.97 Å². The monoisotopic (exact) mass is 534 g/mol. The summed E-state index contributed by atoms with van der Waals surface area (Å²) in [5.41, 5.74) is 4.89. The van der Waals surface area contributed by atoms with Crippen LogP contribution in [0.4, 0.5) is 13.2 Å². The van der Waals surface area contributed by atoms with Crippen LogP contribution in [0.1, 0.15) is 22.4 Å². The number of para-hydroxylation sites is 1. The number of alkyl halides is 3. The fraction of sp³-hybridized carbons (Fsp3) is 0.172. The Bertz CT molecular complexity index is 1690. The van der Waals surface area contributed by atoms with Gasteiger partial charge in [0.1, 0.15) is 5.82 Å². The highest BCUT2D eigenvalue weighted by atomic mass is 35.5. The van der Waals surface area contributed by atoms with E-state index in [9.17, 15) is 18.0 Å². The maximum Gasteiger partial charge on any atom is 0.416 e. The number of nitrogens with one attached hydrogen (secondary N) is 2. The molecule has 1 aliphatic heterocycles. The molecule has 9 heteroatoms. The zero-order chi connectivity index (χ0) is 26.4. The van der Waals surface area contributed by atoms with E-state index < -0.39 is 11.7 Å². The molecule has 0 saturated carbocycles. The second kappa shape index (κ2) is 9.45. The van der Waals surface area contributed by atoms with Crippen molar-refractivity contribution >= 4 is 22.5 Å². The molecule has 3 aromatic carbocycles. The third kappa shape index (κ3) is 4.61. The van der Waals surface area contributed by atoms with E-state index in [4.69, 9.17) is 11.6 Å². The van der Waals surface area contributed by atoms with Crippen molar-refractivity contribution in [2.75, 3.05) is 6.54 Å². The third-order valence-electron chi connectivity index (χ3n) is 6.96. The smallest absolute Gasteiger partial charge is 0.354 e. The first kappa shape index (κ1) is 24.5. The van der Waals surface area contributed by atoms with Gasteiger partial charge in [-0.15, -0.1) is 0 Å². The van der Waals surface area contributed by atoms with Gasteiger partial charge in [0.05, 0.1) is 22.5 Å². The van der Waals surface area contributed by atoms with Crippen LogP contribution < -0.4 is 5.56 Å². The van der Waals surface area contributed by atoms with Crippen molar-refractivity contribution in [1.82, 2.24) is 19.9 Å². The first-order chi connectivity index (χ1) is 18.3. The predicted molar refractivity (Wildman–Crippen MR) is 142 cm³/mol. The summed E-state index contributed by atoms with van der Waals surface area (Å²) >= 11 is 6.11. The quantitative estimate of drug-likeness (QED) is 0.266. The first-order valence-electron chi connectivity index (χ1n) is 12.1. The van der Waals surface area contributed by atoms with Gasteiger partial charge in [-0.25, -0.2) is 4.98 Å². The van der Waals surface area contributed by atoms with Crippen LogP contribution in [0.5, 0.6) is 0 Å². The Morgan fingerprint density at radius 2 is 1.63 bits per heavy atom. The second-order valence-corrected chi connectivity index (χ2v) is 9.84. The lowest BCUT2D eigenvalue weighted by atomic mass is 10.0. The topological polar surface area (TPSA) is 64.8 Å². The van der Waals surface area contributed by atoms with Crippen LogP contribution in [-0.2, 0) is 25.7 Å². The number of H-pyrrole nitrogens is 2. The van der Waals surface area contributed by atoms with E-state index >= 15 is 0 Å². The average molecular weight is 535 g/mol. The summed E-state index contributed by atoms with van der Waals surface area (Å²) in [6.07, 6.45) is -3.86. The van der Waals surface area contributed by atoms with Gasteiger partial charge in [0, 0.05) is 47.5 Å². The van der Waals surface area contributed by atoms with Crippen molar-refractivity contribution in [3.05, 3.63) is 111 Å². The van der Waals surface area contributed by atoms with Crippen LogP contribution in [0.15, 0.2) is 77.6 Å². The molecule has 0 fully saturated rings. The fourth-order valence-corrected chi connectivity index (χ4v) is 5.15. The first-order valence-corrected chi connectivity index (χ1v) is 12.5. The molecule has 5 nitrogen and oxygen atoms in total. The number of fused-ring (bicyclic) bond motifs is 2. The van der Waals surface area contributed by atoms with E-state index in [1.54, 1.807) is 0 Å². The minimum absolute atomic E-state index is 0.272. The Hall–Kier alpha value is -3.88. The molecule has 0 unspecified atom stereocenters. The molecule has 192 valence electrons. The minimum atomic E-state index is -4.42. The molecule has 2 N–H and O–H groups in total. The highest BCUT2D eigenvalue weighted by Gasteiger charge is 2.30. The normalized spacial score (nSPS) is 14.1. The Balaban J connectivity index is 1.29. The van der Waals surface area contributed by atoms with Gasteiger partial charge in [0.15, 0.2) is 0 Å². The Morgan fingerprint density at radius 1 is 0.921 bits per heavy atom. The molecule has 1 aliphatic rings. The van der Waals surface area contributed by atoms with Crippen LogP contribution in [-0.4, -0.2) is 26.4 Å². The van der Waals surface area contributed by atoms with E-state index in [2.05, 4.69) is 25.9 Å². The van der Waals surface area contributed by atoms with Crippen molar-refractivity contribution in [2.24, 2.45) is 0 Å². The summed E-state index contributed by atoms with van der Waals surface area (Å²) in [4.78, 5) is 26.2. The van der Waals surface area contributed by atoms with E-state index in [-0.39, 0.29) is 11.4 Å². The van der Waals surface area contributed by atoms with Crippen molar-refractivity contribution in [3.8, 4) is 22.6 Å². The Morgan fingerprint density at radius 3 is 2.37 bits per heavy atom. The summed E-state index contributed by atoms with van der Waals surface area (Å²) in [6.45, 7) is 1.74. The number of rotatable bonds is 4. The molecule has 0 spiro atoms. The molecule has 3 heterocycles. The van der Waals surface area contributed by atoms with Crippen LogP contribution >= 0.6 is 11.6 Å². The lowest BCUT2D eigenvalue weighted by molar-refractivity contribution is -0.137. The van der Waals surface area contributed by atoms with Crippen LogP contribution in [0.25, 0.3) is 33.5 Å². The summed E-state index contributed by atoms with van der Waals surface area (Å²) in [5, 5.41) is 1.79. The van der Waals surface area contributed by atoms with Gasteiger partial charge in [-0.05, 0) is 41.5 Å². The maximum absolute atomic E-state index is 13.0. The third-order valence-corrected chi connectivity index (χ3v) is 7.21. The van der Waals surface area contributed by atoms with Gasteiger partial charge in [-0.3, -0.25) is 9.69 Å². The molecule has 0 atom stereocenters. The molecular weight excluding hydrogens is 513 g/mol. The van der Waals surface area contributed by atoms with Crippen molar-refractivity contribution in [2.45, 2.75) is 25.7 Å². The van der Waals surface area contributed by atoms with E-state index in [0.29, 0.717) is 47.9 Å². The van der Waals surface area contributed by atoms with Crippen LogP contribution in [0, 0.1) is 0 Å². The van der Waals surface area contributed by atoms with Gasteiger partial charge >= 0.3 is 6.18 Å². The van der Waals surface area contributed by atoms with E-state index in [1.165, 1.54) is 12.1 Å². The van der Waals surface area contributed by atoms with Gasteiger partial charge in [-0.1, -0.05) is 54.1 Å². The molecule has 0 aliphatic carbocycles. The summed E-state index contributed by atoms with van der Waals surface area (Å²) in [6, 6.07) is 20.5. The van der Waals surface area contributed by atoms with Crippen molar-refractivity contribution < 1.29 is 13.2 Å². The molecule has 0 bridgehead atoms. The van der Waals surface area contributed by atoms with Crippen molar-refractivity contribution in [3.63, 3.8) is 0 Å². The molecule has 38 heavy (non-hydrogen) atoms. The van der Waals surface area contributed by atoms with Crippen molar-refractivity contribution in [1.29, 1.82) is 0 Å². The zero-order valence-corrected chi connectivity index (χ0v) is 20.8. The number of nitrogens with zero attached hydrogens (tertiary/aromatic N) is 2. The minimum Gasteiger partial charge on any atom is -0.354 e. The van der Waals surface area contributed by atoms with E-state index in [1.807, 2.05) is 42.5 Å². The van der Waals surface area contributed by atoms with Gasteiger partial charge in [0.25, 0.3) is 5.56 Å². The highest BCUT2D eigenvalue weighted by molar-refractivity contribution is 6.30. The molecule has 0 amide bonds. The highest BCUT2D eigenvalue weighted by Crippen LogP contribution is 2.33. The number of hydrogen-bond acceptors (Lipinski definition) is 3. The lowest BCUT2D eigenvalue weighted by Gasteiger charge is -2.28. The molecule has 2 aromatic heterocycles. The van der Waals surface area contributed by atoms with Gasteiger partial charge in [-0.2, -0.15) is 13.2 Å². The van der Waals surface area contributed by atoms with Gasteiger partial charge in [0.2, 0.25) is 0 Å². The molecule has 0 saturated heterocycles. The number of hydrogen-bond donors (Lipinski definition) is 2. The number of aromatic amines is 2. The standard InChI is InChI=1S/C29H22ClF3N4O/c30-20-11-7-17(8-12-20)26-22(21-3-1-2-4-24(21)34-26)15-37-14-13-25-23(16-37)28(38)36-27(35-25)18-5-9-19(10-6-18)29(31,32)33/h1-12,34H,13-16H2,(H,35,36,38). The molecular formula is C29H22ClF3N4O. The fourth-order valence-electron chi connectivity index (χ4n) is 5.02. The SMILES string of the molecule is O=c1[nH]c(-c2ccc(C(F)(F)F)cc2)nc2c1CN(Cc1c(-c3ccc(Cl)cc3)[nH]c3ccccc13)CC2. The summed E-state index contributed by atoms with van der Waals surface area (Å²) in [7, 11) is 0.